The molecule has 2 N–H and O–H groups in total. The molecule has 2 aromatic rings. The second kappa shape index (κ2) is 12.5. The Balaban J connectivity index is 2.24. The molecule has 0 fully saturated rings. The fraction of sp³-hybridized carbons (Fsp3) is 0.379. The van der Waals surface area contributed by atoms with Crippen LogP contribution in [0.25, 0.3) is 0 Å². The molecule has 188 valence electrons. The first-order chi connectivity index (χ1) is 16.4. The lowest BCUT2D eigenvalue weighted by atomic mass is 9.77. The molecule has 6 heteroatoms. The Bertz CT molecular complexity index is 985. The van der Waals surface area contributed by atoms with Gasteiger partial charge in [0.15, 0.2) is 24.1 Å². The third kappa shape index (κ3) is 7.91. The van der Waals surface area contributed by atoms with Crippen LogP contribution >= 0.6 is 0 Å². The number of ketones is 2. The van der Waals surface area contributed by atoms with Gasteiger partial charge in [0.25, 0.3) is 0 Å². The second-order valence-corrected chi connectivity index (χ2v) is 9.25. The maximum Gasteiger partial charge on any atom is 0.197 e. The third-order valence-electron chi connectivity index (χ3n) is 5.84. The van der Waals surface area contributed by atoms with Crippen LogP contribution in [0.2, 0.25) is 0 Å². The Hall–Kier alpha value is -3.22. The van der Waals surface area contributed by atoms with Crippen molar-refractivity contribution < 1.29 is 29.3 Å². The molecular weight excluding hydrogens is 444 g/mol. The monoisotopic (exact) mass is 480 g/mol. The molecule has 0 aliphatic rings. The summed E-state index contributed by atoms with van der Waals surface area (Å²) in [7, 11) is 0. The number of para-hydroxylation sites is 2. The van der Waals surface area contributed by atoms with Crippen LogP contribution in [-0.4, -0.2) is 34.4 Å². The minimum atomic E-state index is -1.16. The molecule has 0 amide bonds. The normalized spacial score (nSPS) is 13.0. The predicted octanol–water partition coefficient (Wildman–Crippen LogP) is 5.26. The lowest BCUT2D eigenvalue weighted by Gasteiger charge is -2.31. The second-order valence-electron chi connectivity index (χ2n) is 9.25. The molecule has 0 saturated heterocycles. The van der Waals surface area contributed by atoms with Crippen molar-refractivity contribution in [3.63, 3.8) is 0 Å². The summed E-state index contributed by atoms with van der Waals surface area (Å²) in [5.41, 5.74) is 1.86. The van der Waals surface area contributed by atoms with Gasteiger partial charge in [0, 0.05) is 42.2 Å². The number of carbonyl (C=O) groups excluding carboxylic acids is 2. The van der Waals surface area contributed by atoms with E-state index in [-0.39, 0.29) is 37.2 Å². The van der Waals surface area contributed by atoms with E-state index in [9.17, 15) is 19.8 Å². The highest BCUT2D eigenvalue weighted by Gasteiger charge is 2.31. The Morgan fingerprint density at radius 1 is 0.771 bits per heavy atom. The maximum absolute atomic E-state index is 11.8. The van der Waals surface area contributed by atoms with Crippen LogP contribution in [0, 0.1) is 0 Å². The fourth-order valence-corrected chi connectivity index (χ4v) is 3.66. The summed E-state index contributed by atoms with van der Waals surface area (Å²) in [4.78, 5) is 23.7. The van der Waals surface area contributed by atoms with Gasteiger partial charge in [-0.25, -0.2) is 0 Å². The zero-order chi connectivity index (χ0) is 26.2. The van der Waals surface area contributed by atoms with Crippen LogP contribution in [0.3, 0.4) is 0 Å². The molecule has 6 nitrogen and oxygen atoms in total. The van der Waals surface area contributed by atoms with Crippen LogP contribution in [0.15, 0.2) is 72.8 Å². The standard InChI is InChI=1S/C29H36O6/c1-19(2)23(30)15-17-27(32)34-25-13-9-7-11-21(25)29(5,6)22-12-8-10-14-26(22)35-28(33)18-16-24(31)20(3)4/h7-14,27-28,32-33H,1,3,15-18H2,2,4-6H3. The molecule has 0 saturated carbocycles. The first-order valence-corrected chi connectivity index (χ1v) is 11.7. The summed E-state index contributed by atoms with van der Waals surface area (Å²) in [6.45, 7) is 14.5. The average Bonchev–Trinajstić information content (AvgIpc) is 2.81. The summed E-state index contributed by atoms with van der Waals surface area (Å²) in [5, 5.41) is 20.8. The minimum Gasteiger partial charge on any atom is -0.465 e. The van der Waals surface area contributed by atoms with Crippen molar-refractivity contribution in [1.82, 2.24) is 0 Å². The van der Waals surface area contributed by atoms with Gasteiger partial charge in [0.05, 0.1) is 0 Å². The maximum atomic E-state index is 11.8. The number of Topliss-reactive ketones (excluding diaryl/α,β-unsaturated/α-hetero) is 2. The van der Waals surface area contributed by atoms with E-state index in [0.717, 1.165) is 11.1 Å². The third-order valence-corrected chi connectivity index (χ3v) is 5.84. The van der Waals surface area contributed by atoms with Crippen molar-refractivity contribution in [3.8, 4) is 11.5 Å². The fourth-order valence-electron chi connectivity index (χ4n) is 3.66. The van der Waals surface area contributed by atoms with Gasteiger partial charge in [-0.1, -0.05) is 63.4 Å². The van der Waals surface area contributed by atoms with Gasteiger partial charge in [-0.2, -0.15) is 0 Å². The SMILES string of the molecule is C=C(C)C(=O)CCC(O)Oc1ccccc1C(C)(C)c1ccccc1OC(O)CCC(=O)C(=C)C. The van der Waals surface area contributed by atoms with Crippen molar-refractivity contribution in [2.75, 3.05) is 0 Å². The van der Waals surface area contributed by atoms with E-state index in [1.807, 2.05) is 50.2 Å². The number of carbonyl (C=O) groups is 2. The van der Waals surface area contributed by atoms with Crippen molar-refractivity contribution in [2.45, 2.75) is 71.4 Å². The Labute approximate surface area is 207 Å². The number of aliphatic hydroxyl groups excluding tert-OH is 2. The van der Waals surface area contributed by atoms with Gasteiger partial charge < -0.3 is 19.7 Å². The molecule has 0 spiro atoms. The quantitative estimate of drug-likeness (QED) is 0.283. The highest BCUT2D eigenvalue weighted by atomic mass is 16.6. The Morgan fingerprint density at radius 3 is 1.46 bits per heavy atom. The predicted molar refractivity (Wildman–Crippen MR) is 136 cm³/mol. The van der Waals surface area contributed by atoms with Crippen molar-refractivity contribution in [3.05, 3.63) is 84.0 Å². The van der Waals surface area contributed by atoms with Crippen LogP contribution in [0.1, 0.15) is 64.5 Å². The summed E-state index contributed by atoms with van der Waals surface area (Å²) in [5.74, 6) is 0.733. The Kier molecular flexibility index (Phi) is 9.99. The van der Waals surface area contributed by atoms with Crippen LogP contribution in [-0.2, 0) is 15.0 Å². The molecule has 2 atom stereocenters. The number of hydrogen-bond acceptors (Lipinski definition) is 6. The number of aliphatic hydroxyl groups is 2. The van der Waals surface area contributed by atoms with Gasteiger partial charge >= 0.3 is 0 Å². The van der Waals surface area contributed by atoms with Crippen molar-refractivity contribution in [1.29, 1.82) is 0 Å². The largest absolute Gasteiger partial charge is 0.465 e. The Morgan fingerprint density at radius 2 is 1.11 bits per heavy atom. The number of allylic oxidation sites excluding steroid dienone is 2. The molecule has 0 radical (unpaired) electrons. The molecule has 0 aliphatic heterocycles. The van der Waals surface area contributed by atoms with Crippen LogP contribution in [0.5, 0.6) is 11.5 Å². The molecule has 2 rings (SSSR count). The van der Waals surface area contributed by atoms with E-state index in [1.54, 1.807) is 26.0 Å². The molecule has 0 aliphatic carbocycles. The van der Waals surface area contributed by atoms with E-state index in [0.29, 0.717) is 22.6 Å². The zero-order valence-electron chi connectivity index (χ0n) is 21.0. The summed E-state index contributed by atoms with van der Waals surface area (Å²) in [6.07, 6.45) is -1.73. The van der Waals surface area contributed by atoms with Crippen molar-refractivity contribution in [2.24, 2.45) is 0 Å². The zero-order valence-corrected chi connectivity index (χ0v) is 21.0. The van der Waals surface area contributed by atoms with E-state index < -0.39 is 18.0 Å². The van der Waals surface area contributed by atoms with Gasteiger partial charge in [-0.15, -0.1) is 0 Å². The molecule has 0 heterocycles. The van der Waals surface area contributed by atoms with E-state index >= 15 is 0 Å². The van der Waals surface area contributed by atoms with E-state index in [1.165, 1.54) is 0 Å². The molecule has 2 unspecified atom stereocenters. The first kappa shape index (κ1) is 28.0. The van der Waals surface area contributed by atoms with E-state index in [2.05, 4.69) is 13.2 Å². The number of benzene rings is 2. The summed E-state index contributed by atoms with van der Waals surface area (Å²) >= 11 is 0. The molecular formula is C29H36O6. The smallest absolute Gasteiger partial charge is 0.197 e. The topological polar surface area (TPSA) is 93.1 Å². The first-order valence-electron chi connectivity index (χ1n) is 11.7. The summed E-state index contributed by atoms with van der Waals surface area (Å²) < 4.78 is 11.7. The van der Waals surface area contributed by atoms with Crippen molar-refractivity contribution >= 4 is 11.6 Å². The molecule has 0 bridgehead atoms. The highest BCUT2D eigenvalue weighted by molar-refractivity contribution is 5.94. The lowest BCUT2D eigenvalue weighted by Crippen LogP contribution is -2.25. The van der Waals surface area contributed by atoms with Gasteiger partial charge in [0.1, 0.15) is 11.5 Å². The van der Waals surface area contributed by atoms with Gasteiger partial charge in [-0.05, 0) is 37.1 Å². The molecule has 2 aromatic carbocycles. The van der Waals surface area contributed by atoms with Gasteiger partial charge in [-0.3, -0.25) is 9.59 Å². The van der Waals surface area contributed by atoms with Crippen LogP contribution in [0.4, 0.5) is 0 Å². The van der Waals surface area contributed by atoms with Gasteiger partial charge in [0.2, 0.25) is 0 Å². The highest BCUT2D eigenvalue weighted by Crippen LogP contribution is 2.41. The summed E-state index contributed by atoms with van der Waals surface area (Å²) in [6, 6.07) is 14.7. The minimum absolute atomic E-state index is 0.115. The number of ether oxygens (including phenoxy) is 2. The molecule has 0 aromatic heterocycles. The lowest BCUT2D eigenvalue weighted by molar-refractivity contribution is -0.118. The van der Waals surface area contributed by atoms with Crippen LogP contribution < -0.4 is 9.47 Å². The molecule has 35 heavy (non-hydrogen) atoms. The average molecular weight is 481 g/mol. The number of hydrogen-bond donors (Lipinski definition) is 2. The number of rotatable bonds is 14. The van der Waals surface area contributed by atoms with E-state index in [4.69, 9.17) is 9.47 Å².